The van der Waals surface area contributed by atoms with Gasteiger partial charge in [0.2, 0.25) is 0 Å². The lowest BCUT2D eigenvalue weighted by molar-refractivity contribution is 0.153. The van der Waals surface area contributed by atoms with Crippen LogP contribution in [0.4, 0.5) is 0 Å². The van der Waals surface area contributed by atoms with Crippen LogP contribution in [0.2, 0.25) is 13.1 Å². The smallest absolute Gasteiger partial charge is 0.171 e. The highest BCUT2D eigenvalue weighted by Crippen LogP contribution is 2.41. The van der Waals surface area contributed by atoms with Gasteiger partial charge in [0.05, 0.1) is 12.2 Å². The summed E-state index contributed by atoms with van der Waals surface area (Å²) in [5, 5.41) is 0. The fraction of sp³-hybridized carbons (Fsp3) is 1.00. The minimum atomic E-state index is -0.854. The molecule has 3 heteroatoms. The standard InChI is InChI=1S/C12H24O2Si/c1-4-10(14-15(2)3)7-9-5-6-11-12(8-9)13-11/h9-12,15H,4-8H2,1-3H3. The van der Waals surface area contributed by atoms with E-state index in [1.54, 1.807) is 0 Å². The van der Waals surface area contributed by atoms with Crippen LogP contribution in [-0.2, 0) is 9.16 Å². The third-order valence-corrected chi connectivity index (χ3v) is 4.56. The molecule has 0 radical (unpaired) electrons. The fourth-order valence-electron chi connectivity index (χ4n) is 2.78. The zero-order chi connectivity index (χ0) is 10.8. The molecule has 4 atom stereocenters. The van der Waals surface area contributed by atoms with Gasteiger partial charge < -0.3 is 9.16 Å². The molecule has 0 aromatic rings. The van der Waals surface area contributed by atoms with Crippen LogP contribution in [0.1, 0.15) is 39.0 Å². The molecule has 2 rings (SSSR count). The monoisotopic (exact) mass is 228 g/mol. The molecule has 0 aromatic heterocycles. The molecular formula is C12H24O2Si. The molecule has 4 unspecified atom stereocenters. The summed E-state index contributed by atoms with van der Waals surface area (Å²) in [4.78, 5) is 0. The lowest BCUT2D eigenvalue weighted by Crippen LogP contribution is -2.25. The molecule has 0 bridgehead atoms. The van der Waals surface area contributed by atoms with E-state index in [4.69, 9.17) is 9.16 Å². The number of hydrogen-bond donors (Lipinski definition) is 0. The van der Waals surface area contributed by atoms with Crippen molar-refractivity contribution in [3.63, 3.8) is 0 Å². The second-order valence-corrected chi connectivity index (χ2v) is 7.71. The van der Waals surface area contributed by atoms with Crippen LogP contribution in [0.5, 0.6) is 0 Å². The molecule has 0 N–H and O–H groups in total. The van der Waals surface area contributed by atoms with E-state index in [-0.39, 0.29) is 0 Å². The van der Waals surface area contributed by atoms with Crippen LogP contribution < -0.4 is 0 Å². The molecule has 1 saturated heterocycles. The van der Waals surface area contributed by atoms with Gasteiger partial charge in [0.15, 0.2) is 9.04 Å². The van der Waals surface area contributed by atoms with Gasteiger partial charge in [-0.25, -0.2) is 0 Å². The maximum Gasteiger partial charge on any atom is 0.171 e. The van der Waals surface area contributed by atoms with E-state index in [2.05, 4.69) is 20.0 Å². The van der Waals surface area contributed by atoms with Crippen molar-refractivity contribution in [1.29, 1.82) is 0 Å². The molecule has 88 valence electrons. The van der Waals surface area contributed by atoms with E-state index in [1.165, 1.54) is 32.1 Å². The van der Waals surface area contributed by atoms with E-state index in [0.717, 1.165) is 5.92 Å². The van der Waals surface area contributed by atoms with Gasteiger partial charge in [0.25, 0.3) is 0 Å². The van der Waals surface area contributed by atoms with E-state index in [1.807, 2.05) is 0 Å². The second kappa shape index (κ2) is 4.98. The molecule has 2 fully saturated rings. The third kappa shape index (κ3) is 3.30. The Hall–Kier alpha value is 0.137. The Morgan fingerprint density at radius 2 is 2.13 bits per heavy atom. The Bertz CT molecular complexity index is 206. The number of fused-ring (bicyclic) bond motifs is 1. The van der Waals surface area contributed by atoms with Gasteiger partial charge in [-0.1, -0.05) is 6.92 Å². The molecule has 1 aliphatic heterocycles. The molecule has 0 spiro atoms. The minimum Gasteiger partial charge on any atom is -0.418 e. The van der Waals surface area contributed by atoms with Crippen LogP contribution >= 0.6 is 0 Å². The predicted octanol–water partition coefficient (Wildman–Crippen LogP) is 2.72. The van der Waals surface area contributed by atoms with E-state index < -0.39 is 9.04 Å². The molecular weight excluding hydrogens is 204 g/mol. The summed E-state index contributed by atoms with van der Waals surface area (Å²) in [7, 11) is -0.854. The first kappa shape index (κ1) is 11.6. The molecule has 2 nitrogen and oxygen atoms in total. The molecule has 1 saturated carbocycles. The van der Waals surface area contributed by atoms with Crippen molar-refractivity contribution in [3.8, 4) is 0 Å². The zero-order valence-electron chi connectivity index (χ0n) is 10.2. The van der Waals surface area contributed by atoms with Gasteiger partial charge >= 0.3 is 0 Å². The first-order valence-electron chi connectivity index (χ1n) is 6.50. The van der Waals surface area contributed by atoms with Gasteiger partial charge in [-0.05, 0) is 51.1 Å². The van der Waals surface area contributed by atoms with Gasteiger partial charge in [0.1, 0.15) is 0 Å². The molecule has 0 aromatic carbocycles. The maximum absolute atomic E-state index is 6.05. The van der Waals surface area contributed by atoms with Crippen molar-refractivity contribution in [2.75, 3.05) is 0 Å². The summed E-state index contributed by atoms with van der Waals surface area (Å²) in [5.41, 5.74) is 0. The van der Waals surface area contributed by atoms with Crippen molar-refractivity contribution in [1.82, 2.24) is 0 Å². The molecule has 1 heterocycles. The van der Waals surface area contributed by atoms with Crippen LogP contribution in [0, 0.1) is 5.92 Å². The largest absolute Gasteiger partial charge is 0.418 e. The highest BCUT2D eigenvalue weighted by atomic mass is 28.3. The first-order valence-corrected chi connectivity index (χ1v) is 9.28. The summed E-state index contributed by atoms with van der Waals surface area (Å²) in [5.74, 6) is 0.867. The quantitative estimate of drug-likeness (QED) is 0.533. The van der Waals surface area contributed by atoms with E-state index >= 15 is 0 Å². The Morgan fingerprint density at radius 1 is 1.33 bits per heavy atom. The van der Waals surface area contributed by atoms with Crippen molar-refractivity contribution >= 4 is 9.04 Å². The van der Waals surface area contributed by atoms with Crippen LogP contribution in [0.15, 0.2) is 0 Å². The number of rotatable bonds is 5. The Balaban J connectivity index is 1.73. The normalized spacial score (nSPS) is 36.4. The summed E-state index contributed by atoms with van der Waals surface area (Å²) >= 11 is 0. The van der Waals surface area contributed by atoms with Crippen LogP contribution in [0.3, 0.4) is 0 Å². The Morgan fingerprint density at radius 3 is 2.73 bits per heavy atom. The zero-order valence-corrected chi connectivity index (χ0v) is 11.4. The van der Waals surface area contributed by atoms with Crippen LogP contribution in [0.25, 0.3) is 0 Å². The lowest BCUT2D eigenvalue weighted by atomic mass is 9.85. The number of epoxide rings is 1. The van der Waals surface area contributed by atoms with Crippen LogP contribution in [-0.4, -0.2) is 27.4 Å². The SMILES string of the molecule is CCC(CC1CCC2OC2C1)O[SiH](C)C. The fourth-order valence-corrected chi connectivity index (χ4v) is 3.85. The highest BCUT2D eigenvalue weighted by Gasteiger charge is 2.43. The third-order valence-electron chi connectivity index (χ3n) is 3.63. The van der Waals surface area contributed by atoms with Crippen molar-refractivity contribution in [3.05, 3.63) is 0 Å². The van der Waals surface area contributed by atoms with Crippen molar-refractivity contribution < 1.29 is 9.16 Å². The molecule has 1 aliphatic carbocycles. The van der Waals surface area contributed by atoms with Crippen molar-refractivity contribution in [2.24, 2.45) is 5.92 Å². The average Bonchev–Trinajstić information content (AvgIpc) is 2.94. The van der Waals surface area contributed by atoms with Gasteiger partial charge in [-0.2, -0.15) is 0 Å². The van der Waals surface area contributed by atoms with Gasteiger partial charge in [-0.3, -0.25) is 0 Å². The summed E-state index contributed by atoms with van der Waals surface area (Å²) in [6.07, 6.45) is 8.19. The summed E-state index contributed by atoms with van der Waals surface area (Å²) < 4.78 is 11.6. The van der Waals surface area contributed by atoms with Gasteiger partial charge in [0, 0.05) is 6.10 Å². The maximum atomic E-state index is 6.05. The Kier molecular flexibility index (Phi) is 3.86. The summed E-state index contributed by atoms with van der Waals surface area (Å²) in [6, 6.07) is 0. The minimum absolute atomic E-state index is 0.525. The first-order chi connectivity index (χ1) is 7.19. The number of hydrogen-bond acceptors (Lipinski definition) is 2. The molecule has 15 heavy (non-hydrogen) atoms. The van der Waals surface area contributed by atoms with Gasteiger partial charge in [-0.15, -0.1) is 0 Å². The van der Waals surface area contributed by atoms with E-state index in [9.17, 15) is 0 Å². The second-order valence-electron chi connectivity index (χ2n) is 5.34. The number of ether oxygens (including phenoxy) is 1. The van der Waals surface area contributed by atoms with E-state index in [0.29, 0.717) is 18.3 Å². The topological polar surface area (TPSA) is 21.8 Å². The summed E-state index contributed by atoms with van der Waals surface area (Å²) in [6.45, 7) is 6.79. The highest BCUT2D eigenvalue weighted by molar-refractivity contribution is 6.48. The van der Waals surface area contributed by atoms with Crippen molar-refractivity contribution in [2.45, 2.75) is 70.4 Å². The molecule has 2 aliphatic rings. The Labute approximate surface area is 95.1 Å². The average molecular weight is 228 g/mol. The lowest BCUT2D eigenvalue weighted by Gasteiger charge is -2.25. The molecule has 0 amide bonds. The predicted molar refractivity (Wildman–Crippen MR) is 64.7 cm³/mol.